The molecule has 0 atom stereocenters. The third kappa shape index (κ3) is 9.12. The molecular weight excluding hydrogens is 177 g/mol. The molecule has 0 aromatic carbocycles. The van der Waals surface area contributed by atoms with Gasteiger partial charge in [0.1, 0.15) is 0 Å². The summed E-state index contributed by atoms with van der Waals surface area (Å²) in [6.07, 6.45) is 0. The second-order valence-corrected chi connectivity index (χ2v) is 0.697. The van der Waals surface area contributed by atoms with E-state index in [9.17, 15) is 0 Å². The highest BCUT2D eigenvalue weighted by Crippen LogP contribution is 1.78. The third-order valence-corrected chi connectivity index (χ3v) is 0.333. The first-order valence-corrected chi connectivity index (χ1v) is 1.41. The van der Waals surface area contributed by atoms with Gasteiger partial charge in [-0.05, 0) is 0 Å². The summed E-state index contributed by atoms with van der Waals surface area (Å²) < 4.78 is 13.0. The van der Waals surface area contributed by atoms with Crippen molar-refractivity contribution in [2.45, 2.75) is 0 Å². The van der Waals surface area contributed by atoms with E-state index in [-0.39, 0.29) is 40.5 Å². The van der Waals surface area contributed by atoms with Gasteiger partial charge in [-0.15, -0.1) is 0 Å². The second-order valence-electron chi connectivity index (χ2n) is 0.697. The van der Waals surface area contributed by atoms with Crippen molar-refractivity contribution >= 4 is 63.5 Å². The molecule has 3 radical (unpaired) electrons. The van der Waals surface area contributed by atoms with Gasteiger partial charge in [-0.1, -0.05) is 0 Å². The molecule has 9 heavy (non-hydrogen) atoms. The third-order valence-electron chi connectivity index (χ3n) is 0.333. The minimum atomic E-state index is 0. The van der Waals surface area contributed by atoms with Gasteiger partial charge in [-0.25, -0.2) is 0 Å². The molecule has 0 spiro atoms. The Hall–Kier alpha value is 1.12. The summed E-state index contributed by atoms with van der Waals surface area (Å²) in [6.45, 7) is 0. The molecular formula is H6B3O3S3. The zero-order valence-corrected chi connectivity index (χ0v) is 7.46. The fourth-order valence-corrected chi connectivity index (χ4v) is 0.164. The van der Waals surface area contributed by atoms with E-state index in [4.69, 9.17) is 0 Å². The first-order valence-electron chi connectivity index (χ1n) is 1.41. The van der Waals surface area contributed by atoms with E-state index in [0.717, 1.165) is 23.1 Å². The topological polar surface area (TPSA) is 27.7 Å². The Kier molecular flexibility index (Phi) is 21.9. The number of hydrogen-bond acceptors (Lipinski definition) is 3. The lowest BCUT2D eigenvalue weighted by Crippen LogP contribution is -2.23. The van der Waals surface area contributed by atoms with E-state index in [1.807, 2.05) is 0 Å². The Morgan fingerprint density at radius 3 is 0.889 bits per heavy atom. The fraction of sp³-hybridized carbons (Fsp3) is 0. The maximum absolute atomic E-state index is 4.34. The largest absolute Gasteiger partial charge is 0.457 e. The summed E-state index contributed by atoms with van der Waals surface area (Å²) in [4.78, 5) is 0. The van der Waals surface area contributed by atoms with Crippen LogP contribution in [-0.4, -0.2) is 23.1 Å². The molecule has 1 fully saturated rings. The number of rotatable bonds is 0. The minimum Gasteiger partial charge on any atom is -0.457 e. The Morgan fingerprint density at radius 2 is 0.778 bits per heavy atom. The van der Waals surface area contributed by atoms with Crippen LogP contribution in [0.2, 0.25) is 0 Å². The average Bonchev–Trinajstić information content (AvgIpc) is 1.72. The van der Waals surface area contributed by atoms with E-state index in [1.54, 1.807) is 0 Å². The molecule has 1 saturated heterocycles. The SMILES string of the molecule is S.S.S.[B]1O[B]O[B]O1. The van der Waals surface area contributed by atoms with Gasteiger partial charge in [-0.2, -0.15) is 40.5 Å². The molecule has 0 unspecified atom stereocenters. The molecule has 0 N–H and O–H groups in total. The molecule has 9 heteroatoms. The van der Waals surface area contributed by atoms with E-state index < -0.39 is 0 Å². The van der Waals surface area contributed by atoms with E-state index in [0.29, 0.717) is 0 Å². The van der Waals surface area contributed by atoms with Crippen LogP contribution < -0.4 is 0 Å². The summed E-state index contributed by atoms with van der Waals surface area (Å²) in [5, 5.41) is 0. The summed E-state index contributed by atoms with van der Waals surface area (Å²) in [6, 6.07) is 0. The summed E-state index contributed by atoms with van der Waals surface area (Å²) >= 11 is 0. The van der Waals surface area contributed by atoms with E-state index in [2.05, 4.69) is 13.7 Å². The lowest BCUT2D eigenvalue weighted by Gasteiger charge is -2.05. The van der Waals surface area contributed by atoms with Gasteiger partial charge >= 0.3 is 23.1 Å². The Bertz CT molecular complexity index is 29.8. The summed E-state index contributed by atoms with van der Waals surface area (Å²) in [5.74, 6) is 0. The van der Waals surface area contributed by atoms with Crippen molar-refractivity contribution in [3.8, 4) is 0 Å². The first kappa shape index (κ1) is 16.6. The Morgan fingerprint density at radius 1 is 0.556 bits per heavy atom. The molecule has 0 aromatic heterocycles. The highest BCUT2D eigenvalue weighted by Gasteiger charge is 2.05. The predicted octanol–water partition coefficient (Wildman–Crippen LogP) is -1.01. The lowest BCUT2D eigenvalue weighted by molar-refractivity contribution is 0.347. The van der Waals surface area contributed by atoms with Crippen molar-refractivity contribution < 1.29 is 13.7 Å². The van der Waals surface area contributed by atoms with Crippen LogP contribution in [0.1, 0.15) is 0 Å². The fourth-order valence-electron chi connectivity index (χ4n) is 0.164. The van der Waals surface area contributed by atoms with Gasteiger partial charge in [0.25, 0.3) is 0 Å². The van der Waals surface area contributed by atoms with Gasteiger partial charge in [0.15, 0.2) is 0 Å². The van der Waals surface area contributed by atoms with Crippen LogP contribution in [0.3, 0.4) is 0 Å². The smallest absolute Gasteiger partial charge is 0.457 e. The van der Waals surface area contributed by atoms with Gasteiger partial charge in [0.05, 0.1) is 0 Å². The van der Waals surface area contributed by atoms with Crippen molar-refractivity contribution in [2.24, 2.45) is 0 Å². The maximum atomic E-state index is 4.34. The van der Waals surface area contributed by atoms with Gasteiger partial charge < -0.3 is 13.7 Å². The van der Waals surface area contributed by atoms with Gasteiger partial charge in [-0.3, -0.25) is 0 Å². The van der Waals surface area contributed by atoms with Crippen molar-refractivity contribution in [1.29, 1.82) is 0 Å². The molecule has 0 aromatic rings. The zero-order chi connectivity index (χ0) is 4.24. The van der Waals surface area contributed by atoms with E-state index >= 15 is 0 Å². The molecule has 0 amide bonds. The zero-order valence-electron chi connectivity index (χ0n) is 4.46. The molecule has 1 rings (SSSR count). The van der Waals surface area contributed by atoms with Crippen molar-refractivity contribution in [2.75, 3.05) is 0 Å². The van der Waals surface area contributed by atoms with Crippen LogP contribution in [0.25, 0.3) is 0 Å². The average molecular weight is 183 g/mol. The molecule has 3 nitrogen and oxygen atoms in total. The maximum Gasteiger partial charge on any atom is 0.457 e. The Labute approximate surface area is 77.5 Å². The van der Waals surface area contributed by atoms with Crippen LogP contribution in [0.5, 0.6) is 0 Å². The van der Waals surface area contributed by atoms with Crippen molar-refractivity contribution in [3.05, 3.63) is 0 Å². The molecule has 1 aliphatic rings. The van der Waals surface area contributed by atoms with Gasteiger partial charge in [0.2, 0.25) is 0 Å². The van der Waals surface area contributed by atoms with Crippen LogP contribution in [0.4, 0.5) is 0 Å². The van der Waals surface area contributed by atoms with Gasteiger partial charge in [0, 0.05) is 0 Å². The molecule has 1 heterocycles. The molecule has 1 aliphatic heterocycles. The van der Waals surface area contributed by atoms with E-state index in [1.165, 1.54) is 0 Å². The highest BCUT2D eigenvalue weighted by atomic mass is 32.1. The van der Waals surface area contributed by atoms with Crippen LogP contribution >= 0.6 is 40.5 Å². The number of hydrogen-bond donors (Lipinski definition) is 0. The first-order chi connectivity index (χ1) is 3.00. The van der Waals surface area contributed by atoms with Crippen molar-refractivity contribution in [1.82, 2.24) is 0 Å². The monoisotopic (exact) mass is 183 g/mol. The van der Waals surface area contributed by atoms with Crippen LogP contribution in [0.15, 0.2) is 0 Å². The van der Waals surface area contributed by atoms with Crippen LogP contribution in [0, 0.1) is 0 Å². The second kappa shape index (κ2) is 11.9. The standard InChI is InChI=1S/B3O3.3H2S/c1-4-2-6-3-5-1;;;/h;3*1H2. The minimum absolute atomic E-state index is 0. The molecule has 51 valence electrons. The normalized spacial score (nSPS) is 13.3. The predicted molar refractivity (Wildman–Crippen MR) is 51.7 cm³/mol. The summed E-state index contributed by atoms with van der Waals surface area (Å²) in [7, 11) is 3.47. The quantitative estimate of drug-likeness (QED) is 0.450. The van der Waals surface area contributed by atoms with Crippen molar-refractivity contribution in [3.63, 3.8) is 0 Å². The molecule has 0 aliphatic carbocycles. The summed E-state index contributed by atoms with van der Waals surface area (Å²) in [5.41, 5.74) is 0. The molecule has 0 bridgehead atoms. The highest BCUT2D eigenvalue weighted by molar-refractivity contribution is 7.59. The lowest BCUT2D eigenvalue weighted by atomic mass is 10.1. The Balaban J connectivity index is -0.000000120. The molecule has 0 saturated carbocycles. The van der Waals surface area contributed by atoms with Crippen LogP contribution in [-0.2, 0) is 13.7 Å².